The summed E-state index contributed by atoms with van der Waals surface area (Å²) in [7, 11) is 3.05. The lowest BCUT2D eigenvalue weighted by molar-refractivity contribution is -0.111. The summed E-state index contributed by atoms with van der Waals surface area (Å²) in [4.78, 5) is 24.4. The van der Waals surface area contributed by atoms with Gasteiger partial charge in [-0.2, -0.15) is 0 Å². The van der Waals surface area contributed by atoms with Crippen molar-refractivity contribution in [1.29, 1.82) is 0 Å². The fourth-order valence-corrected chi connectivity index (χ4v) is 2.44. The topological polar surface area (TPSA) is 85.9 Å². The van der Waals surface area contributed by atoms with E-state index >= 15 is 0 Å². The molecule has 30 heavy (non-hydrogen) atoms. The first-order chi connectivity index (χ1) is 14.1. The van der Waals surface area contributed by atoms with E-state index in [0.29, 0.717) is 17.1 Å². The lowest BCUT2D eigenvalue weighted by Crippen LogP contribution is -2.27. The summed E-state index contributed by atoms with van der Waals surface area (Å²) >= 11 is 0. The molecule has 0 heterocycles. The Hall–Kier alpha value is -3.55. The van der Waals surface area contributed by atoms with Gasteiger partial charge in [0.15, 0.2) is 0 Å². The highest BCUT2D eigenvalue weighted by Crippen LogP contribution is 2.26. The van der Waals surface area contributed by atoms with Crippen LogP contribution in [-0.2, 0) is 9.53 Å². The van der Waals surface area contributed by atoms with Crippen molar-refractivity contribution in [3.05, 3.63) is 53.9 Å². The average Bonchev–Trinajstić information content (AvgIpc) is 2.66. The van der Waals surface area contributed by atoms with Crippen LogP contribution in [0.1, 0.15) is 26.3 Å². The molecule has 0 atom stereocenters. The number of ether oxygens (including phenoxy) is 3. The minimum absolute atomic E-state index is 0.0946. The Bertz CT molecular complexity index is 951. The molecule has 2 aromatic rings. The van der Waals surface area contributed by atoms with Gasteiger partial charge in [-0.1, -0.05) is 0 Å². The average molecular weight is 416 g/mol. The van der Waals surface area contributed by atoms with E-state index in [9.17, 15) is 14.0 Å². The van der Waals surface area contributed by atoms with Crippen LogP contribution in [0.5, 0.6) is 11.5 Å². The van der Waals surface area contributed by atoms with Gasteiger partial charge in [0, 0.05) is 17.7 Å². The molecular formula is C22H25FN2O5. The standard InChI is InChI=1S/C22H25FN2O5/c1-22(2,3)30-21(27)25-17-10-8-15(23)12-18(17)24-20(26)11-7-14-6-9-16(28-4)13-19(14)29-5/h6-13H,1-5H3,(H,24,26)(H,25,27)/b11-7+. The molecule has 160 valence electrons. The molecule has 0 saturated carbocycles. The van der Waals surface area contributed by atoms with E-state index in [1.165, 1.54) is 25.3 Å². The maximum absolute atomic E-state index is 13.7. The third kappa shape index (κ3) is 6.80. The van der Waals surface area contributed by atoms with Gasteiger partial charge in [0.05, 0.1) is 25.6 Å². The Morgan fingerprint density at radius 1 is 0.967 bits per heavy atom. The zero-order valence-electron chi connectivity index (χ0n) is 17.5. The van der Waals surface area contributed by atoms with Gasteiger partial charge < -0.3 is 19.5 Å². The summed E-state index contributed by atoms with van der Waals surface area (Å²) in [5.74, 6) is 0.0501. The van der Waals surface area contributed by atoms with Crippen molar-refractivity contribution < 1.29 is 28.2 Å². The second kappa shape index (κ2) is 9.78. The maximum atomic E-state index is 13.7. The number of hydrogen-bond acceptors (Lipinski definition) is 5. The van der Waals surface area contributed by atoms with Crippen molar-refractivity contribution in [2.75, 3.05) is 24.9 Å². The zero-order valence-corrected chi connectivity index (χ0v) is 17.5. The van der Waals surface area contributed by atoms with Crippen LogP contribution in [0.15, 0.2) is 42.5 Å². The molecule has 7 nitrogen and oxygen atoms in total. The van der Waals surface area contributed by atoms with Crippen molar-refractivity contribution in [3.8, 4) is 11.5 Å². The fourth-order valence-electron chi connectivity index (χ4n) is 2.44. The van der Waals surface area contributed by atoms with Gasteiger partial charge in [0.25, 0.3) is 0 Å². The third-order valence-corrected chi connectivity index (χ3v) is 3.73. The monoisotopic (exact) mass is 416 g/mol. The zero-order chi connectivity index (χ0) is 22.3. The number of methoxy groups -OCH3 is 2. The maximum Gasteiger partial charge on any atom is 0.412 e. The first-order valence-corrected chi connectivity index (χ1v) is 9.12. The number of benzene rings is 2. The lowest BCUT2D eigenvalue weighted by Gasteiger charge is -2.20. The predicted molar refractivity (Wildman–Crippen MR) is 113 cm³/mol. The minimum Gasteiger partial charge on any atom is -0.497 e. The summed E-state index contributed by atoms with van der Waals surface area (Å²) in [5, 5.41) is 5.05. The molecule has 2 amide bonds. The van der Waals surface area contributed by atoms with E-state index in [0.717, 1.165) is 6.07 Å². The van der Waals surface area contributed by atoms with Crippen LogP contribution in [0.2, 0.25) is 0 Å². The van der Waals surface area contributed by atoms with E-state index < -0.39 is 23.4 Å². The van der Waals surface area contributed by atoms with Crippen molar-refractivity contribution in [1.82, 2.24) is 0 Å². The molecule has 2 N–H and O–H groups in total. The molecule has 0 spiro atoms. The van der Waals surface area contributed by atoms with Gasteiger partial charge >= 0.3 is 6.09 Å². The lowest BCUT2D eigenvalue weighted by atomic mass is 10.1. The summed E-state index contributed by atoms with van der Waals surface area (Å²) in [5.41, 5.74) is 0.250. The van der Waals surface area contributed by atoms with Crippen LogP contribution in [0.4, 0.5) is 20.6 Å². The smallest absolute Gasteiger partial charge is 0.412 e. The molecule has 0 bridgehead atoms. The van der Waals surface area contributed by atoms with Gasteiger partial charge in [-0.05, 0) is 57.2 Å². The number of hydrogen-bond donors (Lipinski definition) is 2. The summed E-state index contributed by atoms with van der Waals surface area (Å²) in [6, 6.07) is 8.76. The number of amides is 2. The highest BCUT2D eigenvalue weighted by Gasteiger charge is 2.18. The van der Waals surface area contributed by atoms with Crippen LogP contribution in [0.25, 0.3) is 6.08 Å². The van der Waals surface area contributed by atoms with E-state index in [1.807, 2.05) is 0 Å². The summed E-state index contributed by atoms with van der Waals surface area (Å²) in [6.07, 6.45) is 2.10. The Kier molecular flexibility index (Phi) is 7.41. The van der Waals surface area contributed by atoms with Gasteiger partial charge in [-0.15, -0.1) is 0 Å². The van der Waals surface area contributed by atoms with Crippen molar-refractivity contribution >= 4 is 29.5 Å². The molecule has 0 aliphatic heterocycles. The summed E-state index contributed by atoms with van der Waals surface area (Å²) < 4.78 is 29.3. The Morgan fingerprint density at radius 3 is 2.33 bits per heavy atom. The second-order valence-electron chi connectivity index (χ2n) is 7.25. The molecule has 0 saturated heterocycles. The van der Waals surface area contributed by atoms with Crippen LogP contribution in [0, 0.1) is 5.82 Å². The van der Waals surface area contributed by atoms with Crippen LogP contribution in [-0.4, -0.2) is 31.8 Å². The Labute approximate surface area is 174 Å². The molecule has 0 aliphatic rings. The van der Waals surface area contributed by atoms with Gasteiger partial charge in [-0.3, -0.25) is 10.1 Å². The summed E-state index contributed by atoms with van der Waals surface area (Å²) in [6.45, 7) is 5.16. The number of anilines is 2. The number of nitrogens with one attached hydrogen (secondary N) is 2. The number of halogens is 1. The molecule has 0 unspecified atom stereocenters. The predicted octanol–water partition coefficient (Wildman–Crippen LogP) is 4.84. The molecule has 8 heteroatoms. The highest BCUT2D eigenvalue weighted by molar-refractivity contribution is 6.05. The minimum atomic E-state index is -0.719. The van der Waals surface area contributed by atoms with E-state index in [4.69, 9.17) is 14.2 Å². The highest BCUT2D eigenvalue weighted by atomic mass is 19.1. The number of carbonyl (C=O) groups excluding carboxylic acids is 2. The van der Waals surface area contributed by atoms with Gasteiger partial charge in [-0.25, -0.2) is 9.18 Å². The fraction of sp³-hybridized carbons (Fsp3) is 0.273. The van der Waals surface area contributed by atoms with Crippen molar-refractivity contribution in [3.63, 3.8) is 0 Å². The molecule has 2 aromatic carbocycles. The van der Waals surface area contributed by atoms with Crippen LogP contribution < -0.4 is 20.1 Å². The molecule has 2 rings (SSSR count). The first-order valence-electron chi connectivity index (χ1n) is 9.12. The quantitative estimate of drug-likeness (QED) is 0.658. The van der Waals surface area contributed by atoms with E-state index in [-0.39, 0.29) is 11.4 Å². The third-order valence-electron chi connectivity index (χ3n) is 3.73. The second-order valence-corrected chi connectivity index (χ2v) is 7.25. The first kappa shape index (κ1) is 22.7. The van der Waals surface area contributed by atoms with Crippen molar-refractivity contribution in [2.24, 2.45) is 0 Å². The van der Waals surface area contributed by atoms with Crippen LogP contribution in [0.3, 0.4) is 0 Å². The number of carbonyl (C=O) groups is 2. The van der Waals surface area contributed by atoms with Gasteiger partial charge in [0.1, 0.15) is 22.9 Å². The van der Waals surface area contributed by atoms with Gasteiger partial charge in [0.2, 0.25) is 5.91 Å². The van der Waals surface area contributed by atoms with E-state index in [1.54, 1.807) is 52.2 Å². The molecule has 0 radical (unpaired) electrons. The van der Waals surface area contributed by atoms with Crippen LogP contribution >= 0.6 is 0 Å². The number of rotatable bonds is 6. The van der Waals surface area contributed by atoms with Crippen molar-refractivity contribution in [2.45, 2.75) is 26.4 Å². The SMILES string of the molecule is COc1ccc(/C=C/C(=O)Nc2cc(F)ccc2NC(=O)OC(C)(C)C)c(OC)c1. The normalized spacial score (nSPS) is 11.1. The Balaban J connectivity index is 2.16. The molecular weight excluding hydrogens is 391 g/mol. The largest absolute Gasteiger partial charge is 0.497 e. The molecule has 0 aromatic heterocycles. The van der Waals surface area contributed by atoms with E-state index in [2.05, 4.69) is 10.6 Å². The molecule has 0 aliphatic carbocycles. The Morgan fingerprint density at radius 2 is 1.70 bits per heavy atom. The molecule has 0 fully saturated rings.